The molecule has 0 atom stereocenters. The molecule has 0 bridgehead atoms. The monoisotopic (exact) mass is 226 g/mol. The van der Waals surface area contributed by atoms with E-state index < -0.39 is 0 Å². The fourth-order valence-corrected chi connectivity index (χ4v) is 3.19. The normalized spacial score (nSPS) is 31.3. The van der Waals surface area contributed by atoms with Crippen LogP contribution in [0.5, 0.6) is 0 Å². The first-order valence-corrected chi connectivity index (χ1v) is 7.02. The second kappa shape index (κ2) is 6.02. The van der Waals surface area contributed by atoms with Crippen LogP contribution in [0.4, 0.5) is 0 Å². The summed E-state index contributed by atoms with van der Waals surface area (Å²) in [5.74, 6) is 0.898. The van der Waals surface area contributed by atoms with Gasteiger partial charge in [-0.2, -0.15) is 0 Å². The van der Waals surface area contributed by atoms with Crippen molar-refractivity contribution < 1.29 is 0 Å². The highest BCUT2D eigenvalue weighted by Gasteiger charge is 2.38. The van der Waals surface area contributed by atoms with E-state index in [0.717, 1.165) is 12.5 Å². The molecule has 0 unspecified atom stereocenters. The van der Waals surface area contributed by atoms with E-state index in [1.165, 1.54) is 38.6 Å². The van der Waals surface area contributed by atoms with E-state index in [4.69, 9.17) is 5.73 Å². The van der Waals surface area contributed by atoms with Crippen LogP contribution < -0.4 is 5.73 Å². The van der Waals surface area contributed by atoms with Gasteiger partial charge in [0.05, 0.1) is 0 Å². The zero-order valence-corrected chi connectivity index (χ0v) is 11.6. The first-order chi connectivity index (χ1) is 7.55. The van der Waals surface area contributed by atoms with E-state index in [2.05, 4.69) is 32.6 Å². The molecule has 96 valence electrons. The first-order valence-electron chi connectivity index (χ1n) is 7.02. The minimum absolute atomic E-state index is 0.302. The van der Waals surface area contributed by atoms with Crippen LogP contribution in [0.1, 0.15) is 59.8 Å². The molecule has 1 fully saturated rings. The molecule has 0 aliphatic heterocycles. The molecule has 1 rings (SSSR count). The molecule has 0 spiro atoms. The van der Waals surface area contributed by atoms with Gasteiger partial charge in [-0.05, 0) is 58.4 Å². The Labute approximate surface area is 102 Å². The van der Waals surface area contributed by atoms with E-state index in [1.54, 1.807) is 0 Å². The number of rotatable bonds is 5. The predicted octanol–water partition coefficient (Wildman–Crippen LogP) is 3.01. The van der Waals surface area contributed by atoms with Gasteiger partial charge in [0.1, 0.15) is 0 Å². The summed E-state index contributed by atoms with van der Waals surface area (Å²) in [6, 6.07) is 0.622. The van der Waals surface area contributed by atoms with Gasteiger partial charge in [0.2, 0.25) is 0 Å². The first kappa shape index (κ1) is 14.0. The third-order valence-corrected chi connectivity index (χ3v) is 4.28. The van der Waals surface area contributed by atoms with Gasteiger partial charge in [-0.25, -0.2) is 0 Å². The molecule has 16 heavy (non-hydrogen) atoms. The summed E-state index contributed by atoms with van der Waals surface area (Å²) in [6.07, 6.45) is 6.52. The summed E-state index contributed by atoms with van der Waals surface area (Å²) in [5.41, 5.74) is 6.41. The molecule has 1 aliphatic carbocycles. The highest BCUT2D eigenvalue weighted by Crippen LogP contribution is 2.36. The van der Waals surface area contributed by atoms with Gasteiger partial charge in [0.25, 0.3) is 0 Å². The number of hydrogen-bond donors (Lipinski definition) is 1. The standard InChI is InChI=1S/C14H30N2/c1-5-10-16(12(2)3)14(11-15)8-6-13(4)7-9-14/h12-13H,5-11,15H2,1-4H3. The third-order valence-electron chi connectivity index (χ3n) is 4.28. The molecule has 0 radical (unpaired) electrons. The second-order valence-corrected chi connectivity index (χ2v) is 5.90. The Hall–Kier alpha value is -0.0800. The number of nitrogens with two attached hydrogens (primary N) is 1. The molecular formula is C14H30N2. The molecular weight excluding hydrogens is 196 g/mol. The average Bonchev–Trinajstić information content (AvgIpc) is 2.28. The smallest absolute Gasteiger partial charge is 0.0334 e. The lowest BCUT2D eigenvalue weighted by Crippen LogP contribution is -2.58. The van der Waals surface area contributed by atoms with Crippen molar-refractivity contribution in [3.05, 3.63) is 0 Å². The largest absolute Gasteiger partial charge is 0.329 e. The third kappa shape index (κ3) is 2.98. The maximum atomic E-state index is 6.11. The summed E-state index contributed by atoms with van der Waals surface area (Å²) < 4.78 is 0. The van der Waals surface area contributed by atoms with Gasteiger partial charge in [0, 0.05) is 18.1 Å². The van der Waals surface area contributed by atoms with Crippen LogP contribution >= 0.6 is 0 Å². The van der Waals surface area contributed by atoms with Crippen LogP contribution in [0.3, 0.4) is 0 Å². The summed E-state index contributed by atoms with van der Waals surface area (Å²) in [7, 11) is 0. The summed E-state index contributed by atoms with van der Waals surface area (Å²) >= 11 is 0. The van der Waals surface area contributed by atoms with Gasteiger partial charge < -0.3 is 5.73 Å². The van der Waals surface area contributed by atoms with Crippen molar-refractivity contribution in [1.29, 1.82) is 0 Å². The SMILES string of the molecule is CCCN(C(C)C)C1(CN)CCC(C)CC1. The Morgan fingerprint density at radius 3 is 2.25 bits per heavy atom. The zero-order valence-electron chi connectivity index (χ0n) is 11.6. The van der Waals surface area contributed by atoms with E-state index >= 15 is 0 Å². The maximum absolute atomic E-state index is 6.11. The minimum Gasteiger partial charge on any atom is -0.329 e. The van der Waals surface area contributed by atoms with E-state index in [-0.39, 0.29) is 0 Å². The fourth-order valence-electron chi connectivity index (χ4n) is 3.19. The predicted molar refractivity (Wildman–Crippen MR) is 71.6 cm³/mol. The minimum atomic E-state index is 0.302. The molecule has 0 aromatic rings. The Bertz CT molecular complexity index is 193. The fraction of sp³-hybridized carbons (Fsp3) is 1.00. The van der Waals surface area contributed by atoms with Gasteiger partial charge in [0.15, 0.2) is 0 Å². The lowest BCUT2D eigenvalue weighted by molar-refractivity contribution is 0.0199. The van der Waals surface area contributed by atoms with Gasteiger partial charge in [-0.15, -0.1) is 0 Å². The summed E-state index contributed by atoms with van der Waals surface area (Å²) in [5, 5.41) is 0. The molecule has 0 aromatic carbocycles. The molecule has 2 heteroatoms. The van der Waals surface area contributed by atoms with Gasteiger partial charge >= 0.3 is 0 Å². The summed E-state index contributed by atoms with van der Waals surface area (Å²) in [4.78, 5) is 2.67. The zero-order chi connectivity index (χ0) is 12.2. The van der Waals surface area contributed by atoms with Gasteiger partial charge in [-0.1, -0.05) is 13.8 Å². The van der Waals surface area contributed by atoms with Crippen LogP contribution in [-0.4, -0.2) is 29.6 Å². The van der Waals surface area contributed by atoms with Crippen molar-refractivity contribution in [1.82, 2.24) is 4.90 Å². The van der Waals surface area contributed by atoms with Crippen LogP contribution in [0.15, 0.2) is 0 Å². The van der Waals surface area contributed by atoms with Crippen LogP contribution in [0, 0.1) is 5.92 Å². The molecule has 0 heterocycles. The highest BCUT2D eigenvalue weighted by molar-refractivity contribution is 4.96. The lowest BCUT2D eigenvalue weighted by atomic mass is 9.75. The average molecular weight is 226 g/mol. The van der Waals surface area contributed by atoms with E-state index in [0.29, 0.717) is 11.6 Å². The quantitative estimate of drug-likeness (QED) is 0.781. The van der Waals surface area contributed by atoms with E-state index in [9.17, 15) is 0 Å². The highest BCUT2D eigenvalue weighted by atomic mass is 15.2. The van der Waals surface area contributed by atoms with Crippen molar-refractivity contribution in [2.24, 2.45) is 11.7 Å². The molecule has 1 aliphatic rings. The molecule has 0 aromatic heterocycles. The lowest BCUT2D eigenvalue weighted by Gasteiger charge is -2.49. The molecule has 1 saturated carbocycles. The Morgan fingerprint density at radius 1 is 1.31 bits per heavy atom. The van der Waals surface area contributed by atoms with Crippen LogP contribution in [-0.2, 0) is 0 Å². The maximum Gasteiger partial charge on any atom is 0.0334 e. The molecule has 2 N–H and O–H groups in total. The van der Waals surface area contributed by atoms with Crippen molar-refractivity contribution >= 4 is 0 Å². The molecule has 0 saturated heterocycles. The van der Waals surface area contributed by atoms with Gasteiger partial charge in [-0.3, -0.25) is 4.90 Å². The molecule has 0 amide bonds. The van der Waals surface area contributed by atoms with Crippen molar-refractivity contribution in [2.75, 3.05) is 13.1 Å². The van der Waals surface area contributed by atoms with Crippen LogP contribution in [0.25, 0.3) is 0 Å². The Kier molecular flexibility index (Phi) is 5.26. The topological polar surface area (TPSA) is 29.3 Å². The van der Waals surface area contributed by atoms with Crippen molar-refractivity contribution in [2.45, 2.75) is 71.4 Å². The van der Waals surface area contributed by atoms with Crippen molar-refractivity contribution in [3.63, 3.8) is 0 Å². The van der Waals surface area contributed by atoms with Crippen LogP contribution in [0.2, 0.25) is 0 Å². The number of hydrogen-bond acceptors (Lipinski definition) is 2. The second-order valence-electron chi connectivity index (χ2n) is 5.90. The Morgan fingerprint density at radius 2 is 1.88 bits per heavy atom. The van der Waals surface area contributed by atoms with E-state index in [1.807, 2.05) is 0 Å². The van der Waals surface area contributed by atoms with Crippen molar-refractivity contribution in [3.8, 4) is 0 Å². The summed E-state index contributed by atoms with van der Waals surface area (Å²) in [6.45, 7) is 11.3. The number of nitrogens with zero attached hydrogens (tertiary/aromatic N) is 1. The Balaban J connectivity index is 2.75. The molecule has 2 nitrogen and oxygen atoms in total.